The van der Waals surface area contributed by atoms with Crippen LogP contribution in [0.25, 0.3) is 0 Å². The molecule has 1 saturated heterocycles. The van der Waals surface area contributed by atoms with Gasteiger partial charge in [0.1, 0.15) is 4.90 Å². The van der Waals surface area contributed by atoms with Crippen molar-refractivity contribution in [1.29, 1.82) is 0 Å². The maximum atomic E-state index is 12.4. The van der Waals surface area contributed by atoms with Crippen LogP contribution >= 0.6 is 11.3 Å². The SMILES string of the molecule is CS(=O)(=O)c1cn[nH]c1[C@H]1CCCN(C(=O)c2ccsc2)C1. The average molecular weight is 339 g/mol. The van der Waals surface area contributed by atoms with E-state index in [1.54, 1.807) is 4.90 Å². The molecule has 0 radical (unpaired) electrons. The van der Waals surface area contributed by atoms with Crippen LogP contribution in [-0.4, -0.2) is 48.8 Å². The fourth-order valence-corrected chi connectivity index (χ4v) is 4.32. The highest BCUT2D eigenvalue weighted by molar-refractivity contribution is 7.90. The van der Waals surface area contributed by atoms with Gasteiger partial charge in [0.2, 0.25) is 0 Å². The van der Waals surface area contributed by atoms with E-state index in [4.69, 9.17) is 0 Å². The van der Waals surface area contributed by atoms with Crippen LogP contribution in [0.5, 0.6) is 0 Å². The van der Waals surface area contributed by atoms with Gasteiger partial charge in [0, 0.05) is 30.6 Å². The molecule has 1 aliphatic heterocycles. The zero-order chi connectivity index (χ0) is 15.7. The maximum Gasteiger partial charge on any atom is 0.254 e. The summed E-state index contributed by atoms with van der Waals surface area (Å²) in [6, 6.07) is 1.81. The van der Waals surface area contributed by atoms with Crippen LogP contribution in [-0.2, 0) is 9.84 Å². The molecule has 1 N–H and O–H groups in total. The van der Waals surface area contributed by atoms with Gasteiger partial charge in [-0.15, -0.1) is 0 Å². The third-order valence-corrected chi connectivity index (χ3v) is 5.72. The minimum absolute atomic E-state index is 0.00590. The molecule has 8 heteroatoms. The zero-order valence-electron chi connectivity index (χ0n) is 12.2. The average Bonchev–Trinajstić information content (AvgIpc) is 3.17. The van der Waals surface area contributed by atoms with Crippen LogP contribution in [0, 0.1) is 0 Å². The second kappa shape index (κ2) is 5.85. The highest BCUT2D eigenvalue weighted by Gasteiger charge is 2.30. The number of rotatable bonds is 3. The van der Waals surface area contributed by atoms with Crippen molar-refractivity contribution in [3.63, 3.8) is 0 Å². The number of likely N-dealkylation sites (tertiary alicyclic amines) is 1. The van der Waals surface area contributed by atoms with E-state index >= 15 is 0 Å². The topological polar surface area (TPSA) is 83.1 Å². The summed E-state index contributed by atoms with van der Waals surface area (Å²) in [6.07, 6.45) is 4.23. The molecule has 118 valence electrons. The van der Waals surface area contributed by atoms with Gasteiger partial charge in [0.05, 0.1) is 17.5 Å². The van der Waals surface area contributed by atoms with Crippen LogP contribution in [0.15, 0.2) is 27.9 Å². The summed E-state index contributed by atoms with van der Waals surface area (Å²) in [4.78, 5) is 14.5. The van der Waals surface area contributed by atoms with Crippen molar-refractivity contribution in [2.75, 3.05) is 19.3 Å². The summed E-state index contributed by atoms with van der Waals surface area (Å²) in [7, 11) is -3.32. The normalized spacial score (nSPS) is 19.3. The Morgan fingerprint density at radius 1 is 1.50 bits per heavy atom. The van der Waals surface area contributed by atoms with E-state index in [0.717, 1.165) is 12.8 Å². The molecular weight excluding hydrogens is 322 g/mol. The first-order valence-corrected chi connectivity index (χ1v) is 9.85. The second-order valence-electron chi connectivity index (χ2n) is 5.52. The Hall–Kier alpha value is -1.67. The summed E-state index contributed by atoms with van der Waals surface area (Å²) in [5.74, 6) is -0.0186. The van der Waals surface area contributed by atoms with Crippen LogP contribution in [0.1, 0.15) is 34.8 Å². The third-order valence-electron chi connectivity index (χ3n) is 3.92. The lowest BCUT2D eigenvalue weighted by atomic mass is 9.94. The molecule has 1 atom stereocenters. The lowest BCUT2D eigenvalue weighted by Crippen LogP contribution is -2.39. The number of hydrogen-bond donors (Lipinski definition) is 1. The number of H-pyrrole nitrogens is 1. The van der Waals surface area contributed by atoms with Gasteiger partial charge in [0.25, 0.3) is 5.91 Å². The molecular formula is C14H17N3O3S2. The predicted molar refractivity (Wildman–Crippen MR) is 83.9 cm³/mol. The van der Waals surface area contributed by atoms with E-state index in [2.05, 4.69) is 10.2 Å². The lowest BCUT2D eigenvalue weighted by Gasteiger charge is -2.32. The van der Waals surface area contributed by atoms with Crippen LogP contribution in [0.4, 0.5) is 0 Å². The van der Waals surface area contributed by atoms with Crippen molar-refractivity contribution in [2.24, 2.45) is 0 Å². The Morgan fingerprint density at radius 2 is 2.32 bits per heavy atom. The molecule has 0 spiro atoms. The number of amides is 1. The fraction of sp³-hybridized carbons (Fsp3) is 0.429. The summed E-state index contributed by atoms with van der Waals surface area (Å²) >= 11 is 1.49. The molecule has 1 fully saturated rings. The Balaban J connectivity index is 1.82. The first kappa shape index (κ1) is 15.2. The molecule has 1 amide bonds. The molecule has 22 heavy (non-hydrogen) atoms. The molecule has 1 aliphatic rings. The van der Waals surface area contributed by atoms with Gasteiger partial charge >= 0.3 is 0 Å². The monoisotopic (exact) mass is 339 g/mol. The number of aromatic amines is 1. The van der Waals surface area contributed by atoms with Crippen molar-refractivity contribution in [3.05, 3.63) is 34.3 Å². The van der Waals surface area contributed by atoms with E-state index < -0.39 is 9.84 Å². The number of carbonyl (C=O) groups is 1. The first-order chi connectivity index (χ1) is 10.5. The van der Waals surface area contributed by atoms with E-state index in [0.29, 0.717) is 24.3 Å². The largest absolute Gasteiger partial charge is 0.338 e. The van der Waals surface area contributed by atoms with Crippen LogP contribution in [0.3, 0.4) is 0 Å². The molecule has 0 unspecified atom stereocenters. The molecule has 0 saturated carbocycles. The summed E-state index contributed by atoms with van der Waals surface area (Å²) in [5, 5.41) is 10.4. The Kier molecular flexibility index (Phi) is 4.05. The maximum absolute atomic E-state index is 12.4. The molecule has 0 bridgehead atoms. The second-order valence-corrected chi connectivity index (χ2v) is 8.29. The molecule has 3 rings (SSSR count). The molecule has 0 aliphatic carbocycles. The number of hydrogen-bond acceptors (Lipinski definition) is 5. The molecule has 2 aromatic heterocycles. The third kappa shape index (κ3) is 2.93. The highest BCUT2D eigenvalue weighted by Crippen LogP contribution is 2.30. The van der Waals surface area contributed by atoms with E-state index in [1.807, 2.05) is 16.8 Å². The van der Waals surface area contributed by atoms with Gasteiger partial charge < -0.3 is 4.90 Å². The standard InChI is InChI=1S/C14H17N3O3S2/c1-22(19,20)12-7-15-16-13(12)10-3-2-5-17(8-10)14(18)11-4-6-21-9-11/h4,6-7,9-10H,2-3,5,8H2,1H3,(H,15,16)/t10-/m0/s1. The predicted octanol–water partition coefficient (Wildman–Crippen LogP) is 1.89. The summed E-state index contributed by atoms with van der Waals surface area (Å²) in [5.41, 5.74) is 1.31. The van der Waals surface area contributed by atoms with Gasteiger partial charge in [-0.2, -0.15) is 16.4 Å². The molecule has 0 aromatic carbocycles. The number of sulfone groups is 1. The van der Waals surface area contributed by atoms with Gasteiger partial charge in [-0.05, 0) is 24.3 Å². The highest BCUT2D eigenvalue weighted by atomic mass is 32.2. The van der Waals surface area contributed by atoms with Crippen LogP contribution in [0.2, 0.25) is 0 Å². The Labute approximate surface area is 133 Å². The van der Waals surface area contributed by atoms with Crippen molar-refractivity contribution in [3.8, 4) is 0 Å². The number of carbonyl (C=O) groups excluding carboxylic acids is 1. The van der Waals surface area contributed by atoms with Crippen molar-refractivity contribution in [1.82, 2.24) is 15.1 Å². The molecule has 3 heterocycles. The lowest BCUT2D eigenvalue weighted by molar-refractivity contribution is 0.0705. The van der Waals surface area contributed by atoms with Gasteiger partial charge in [-0.3, -0.25) is 9.89 Å². The van der Waals surface area contributed by atoms with E-state index in [-0.39, 0.29) is 16.7 Å². The van der Waals surface area contributed by atoms with Gasteiger partial charge in [-0.1, -0.05) is 0 Å². The Morgan fingerprint density at radius 3 is 3.00 bits per heavy atom. The van der Waals surface area contributed by atoms with Crippen LogP contribution < -0.4 is 0 Å². The Bertz CT molecular complexity index is 765. The van der Waals surface area contributed by atoms with Gasteiger partial charge in [0.15, 0.2) is 9.84 Å². The smallest absolute Gasteiger partial charge is 0.254 e. The number of nitrogens with zero attached hydrogens (tertiary/aromatic N) is 2. The van der Waals surface area contributed by atoms with Crippen molar-refractivity contribution >= 4 is 27.1 Å². The molecule has 2 aromatic rings. The minimum atomic E-state index is -3.32. The molecule has 6 nitrogen and oxygen atoms in total. The quantitative estimate of drug-likeness (QED) is 0.926. The van der Waals surface area contributed by atoms with E-state index in [9.17, 15) is 13.2 Å². The number of piperidine rings is 1. The van der Waals surface area contributed by atoms with E-state index in [1.165, 1.54) is 23.8 Å². The minimum Gasteiger partial charge on any atom is -0.338 e. The van der Waals surface area contributed by atoms with Crippen molar-refractivity contribution < 1.29 is 13.2 Å². The van der Waals surface area contributed by atoms with Crippen molar-refractivity contribution in [2.45, 2.75) is 23.7 Å². The fourth-order valence-electron chi connectivity index (χ4n) is 2.84. The van der Waals surface area contributed by atoms with Gasteiger partial charge in [-0.25, -0.2) is 8.42 Å². The summed E-state index contributed by atoms with van der Waals surface area (Å²) in [6.45, 7) is 1.22. The first-order valence-electron chi connectivity index (χ1n) is 7.01. The number of nitrogens with one attached hydrogen (secondary N) is 1. The summed E-state index contributed by atoms with van der Waals surface area (Å²) < 4.78 is 23.6. The number of aromatic nitrogens is 2. The number of thiophene rings is 1. The zero-order valence-corrected chi connectivity index (χ0v) is 13.8.